The van der Waals surface area contributed by atoms with Gasteiger partial charge in [0.15, 0.2) is 0 Å². The molecule has 1 fully saturated rings. The summed E-state index contributed by atoms with van der Waals surface area (Å²) in [5.41, 5.74) is 7.45. The van der Waals surface area contributed by atoms with Gasteiger partial charge in [0.25, 0.3) is 0 Å². The van der Waals surface area contributed by atoms with Crippen molar-refractivity contribution in [3.8, 4) is 0 Å². The number of rotatable bonds is 5. The van der Waals surface area contributed by atoms with Crippen molar-refractivity contribution >= 4 is 17.4 Å². The van der Waals surface area contributed by atoms with Crippen LogP contribution in [0.5, 0.6) is 0 Å². The minimum absolute atomic E-state index is 0.161. The Kier molecular flexibility index (Phi) is 3.78. The van der Waals surface area contributed by atoms with Crippen LogP contribution < -0.4 is 5.73 Å². The van der Waals surface area contributed by atoms with Crippen molar-refractivity contribution in [2.24, 2.45) is 5.73 Å². The predicted octanol–water partition coefficient (Wildman–Crippen LogP) is 2.25. The summed E-state index contributed by atoms with van der Waals surface area (Å²) in [5, 5.41) is 4.93. The Balaban J connectivity index is 2.06. The van der Waals surface area contributed by atoms with Crippen LogP contribution in [0.25, 0.3) is 0 Å². The minimum Gasteiger partial charge on any atom is -0.325 e. The molecule has 0 unspecified atom stereocenters. The van der Waals surface area contributed by atoms with Crippen LogP contribution in [-0.4, -0.2) is 21.1 Å². The number of Topliss-reactive ketones (excluding diaryl/α,β-unsaturated/α-hetero) is 1. The van der Waals surface area contributed by atoms with Crippen molar-refractivity contribution < 1.29 is 4.79 Å². The van der Waals surface area contributed by atoms with E-state index in [0.29, 0.717) is 17.9 Å². The average Bonchev–Trinajstić information content (AvgIpc) is 2.54. The quantitative estimate of drug-likeness (QED) is 0.892. The van der Waals surface area contributed by atoms with Gasteiger partial charge in [-0.1, -0.05) is 11.6 Å². The van der Waals surface area contributed by atoms with Crippen molar-refractivity contribution in [1.29, 1.82) is 0 Å². The first-order valence-electron chi connectivity index (χ1n) is 6.47. The van der Waals surface area contributed by atoms with Crippen LogP contribution in [0.15, 0.2) is 0 Å². The highest BCUT2D eigenvalue weighted by Gasteiger charge is 2.34. The van der Waals surface area contributed by atoms with Crippen molar-refractivity contribution in [1.82, 2.24) is 9.78 Å². The van der Waals surface area contributed by atoms with E-state index < -0.39 is 0 Å². The maximum atomic E-state index is 12.1. The van der Waals surface area contributed by atoms with Crippen LogP contribution in [-0.2, 0) is 17.8 Å². The highest BCUT2D eigenvalue weighted by molar-refractivity contribution is 6.32. The highest BCUT2D eigenvalue weighted by Crippen LogP contribution is 2.33. The number of aryl methyl sites for hydroxylation is 2. The fourth-order valence-corrected chi connectivity index (χ4v) is 2.69. The molecule has 2 N–H and O–H groups in total. The first-order chi connectivity index (χ1) is 8.45. The molecule has 1 heterocycles. The number of nitrogens with two attached hydrogens (primary N) is 1. The van der Waals surface area contributed by atoms with Gasteiger partial charge in [-0.05, 0) is 33.1 Å². The first-order valence-corrected chi connectivity index (χ1v) is 6.85. The topological polar surface area (TPSA) is 60.9 Å². The lowest BCUT2D eigenvalue weighted by Gasteiger charge is -2.37. The molecule has 1 aromatic heterocycles. The fraction of sp³-hybridized carbons (Fsp3) is 0.692. The molecule has 2 rings (SSSR count). The fourth-order valence-electron chi connectivity index (χ4n) is 2.49. The van der Waals surface area contributed by atoms with Gasteiger partial charge in [0.05, 0.1) is 16.4 Å². The lowest BCUT2D eigenvalue weighted by molar-refractivity contribution is -0.120. The Morgan fingerprint density at radius 1 is 1.56 bits per heavy atom. The van der Waals surface area contributed by atoms with Gasteiger partial charge < -0.3 is 5.73 Å². The molecule has 0 amide bonds. The number of carbonyl (C=O) groups excluding carboxylic acids is 1. The Hall–Kier alpha value is -0.870. The lowest BCUT2D eigenvalue weighted by Crippen LogP contribution is -2.48. The number of carbonyl (C=O) groups is 1. The molecular formula is C13H20ClN3O. The Morgan fingerprint density at radius 3 is 2.72 bits per heavy atom. The average molecular weight is 270 g/mol. The van der Waals surface area contributed by atoms with Crippen LogP contribution in [0.1, 0.15) is 44.0 Å². The Bertz CT molecular complexity index is 463. The number of hydrogen-bond donors (Lipinski definition) is 1. The molecule has 0 spiro atoms. The summed E-state index contributed by atoms with van der Waals surface area (Å²) in [6.45, 7) is 4.58. The zero-order valence-corrected chi connectivity index (χ0v) is 11.8. The standard InChI is InChI=1S/C13H20ClN3O/c1-3-17-11(12(14)9(2)16-17)7-10(18)8-13(15)5-4-6-13/h3-8,15H2,1-2H3. The van der Waals surface area contributed by atoms with Crippen LogP contribution >= 0.6 is 11.6 Å². The van der Waals surface area contributed by atoms with E-state index in [9.17, 15) is 4.79 Å². The van der Waals surface area contributed by atoms with Gasteiger partial charge >= 0.3 is 0 Å². The maximum absolute atomic E-state index is 12.1. The summed E-state index contributed by atoms with van der Waals surface area (Å²) in [4.78, 5) is 12.1. The van der Waals surface area contributed by atoms with E-state index in [0.717, 1.165) is 37.2 Å². The van der Waals surface area contributed by atoms with E-state index in [1.165, 1.54) is 0 Å². The molecular weight excluding hydrogens is 250 g/mol. The largest absolute Gasteiger partial charge is 0.325 e. The first kappa shape index (κ1) is 13.6. The molecule has 1 aliphatic rings. The lowest BCUT2D eigenvalue weighted by atomic mass is 9.74. The molecule has 0 bridgehead atoms. The summed E-state index contributed by atoms with van der Waals surface area (Å²) in [7, 11) is 0. The summed E-state index contributed by atoms with van der Waals surface area (Å²) in [5.74, 6) is 0.161. The molecule has 1 saturated carbocycles. The van der Waals surface area contributed by atoms with Crippen molar-refractivity contribution in [2.75, 3.05) is 0 Å². The van der Waals surface area contributed by atoms with Crippen molar-refractivity contribution in [3.63, 3.8) is 0 Å². The molecule has 100 valence electrons. The van der Waals surface area contributed by atoms with E-state index in [4.69, 9.17) is 17.3 Å². The van der Waals surface area contributed by atoms with E-state index >= 15 is 0 Å². The molecule has 18 heavy (non-hydrogen) atoms. The number of ketones is 1. The van der Waals surface area contributed by atoms with Gasteiger partial charge in [-0.15, -0.1) is 0 Å². The van der Waals surface area contributed by atoms with Crippen LogP contribution in [0.2, 0.25) is 5.02 Å². The summed E-state index contributed by atoms with van der Waals surface area (Å²) in [6, 6.07) is 0. The highest BCUT2D eigenvalue weighted by atomic mass is 35.5. The summed E-state index contributed by atoms with van der Waals surface area (Å²) < 4.78 is 1.81. The number of aromatic nitrogens is 2. The monoisotopic (exact) mass is 269 g/mol. The van der Waals surface area contributed by atoms with Gasteiger partial charge in [0, 0.05) is 24.9 Å². The number of nitrogens with zero attached hydrogens (tertiary/aromatic N) is 2. The van der Waals surface area contributed by atoms with E-state index in [2.05, 4.69) is 5.10 Å². The van der Waals surface area contributed by atoms with Crippen molar-refractivity contribution in [3.05, 3.63) is 16.4 Å². The van der Waals surface area contributed by atoms with Crippen LogP contribution in [0.4, 0.5) is 0 Å². The third-order valence-electron chi connectivity index (χ3n) is 3.72. The SMILES string of the molecule is CCn1nc(C)c(Cl)c1CC(=O)CC1(N)CCC1. The van der Waals surface area contributed by atoms with Gasteiger partial charge in [-0.25, -0.2) is 0 Å². The van der Waals surface area contributed by atoms with Gasteiger partial charge in [0.1, 0.15) is 5.78 Å². The third kappa shape index (κ3) is 2.59. The smallest absolute Gasteiger partial charge is 0.140 e. The third-order valence-corrected chi connectivity index (χ3v) is 4.21. The second kappa shape index (κ2) is 5.02. The molecule has 0 aromatic carbocycles. The summed E-state index contributed by atoms with van der Waals surface area (Å²) >= 11 is 6.19. The molecule has 1 aromatic rings. The maximum Gasteiger partial charge on any atom is 0.140 e. The molecule has 0 aliphatic heterocycles. The molecule has 0 radical (unpaired) electrons. The summed E-state index contributed by atoms with van der Waals surface area (Å²) in [6.07, 6.45) is 3.84. The van der Waals surface area contributed by atoms with Crippen LogP contribution in [0, 0.1) is 6.92 Å². The van der Waals surface area contributed by atoms with Crippen molar-refractivity contribution in [2.45, 2.75) is 58.0 Å². The molecule has 1 aliphatic carbocycles. The Labute approximate surface area is 112 Å². The van der Waals surface area contributed by atoms with Crippen LogP contribution in [0.3, 0.4) is 0 Å². The minimum atomic E-state index is -0.254. The van der Waals surface area contributed by atoms with Gasteiger partial charge in [-0.2, -0.15) is 5.10 Å². The second-order valence-corrected chi connectivity index (χ2v) is 5.65. The number of halogens is 1. The van der Waals surface area contributed by atoms with Gasteiger partial charge in [-0.3, -0.25) is 9.48 Å². The zero-order valence-electron chi connectivity index (χ0n) is 11.0. The van der Waals surface area contributed by atoms with E-state index in [-0.39, 0.29) is 11.3 Å². The molecule has 0 saturated heterocycles. The second-order valence-electron chi connectivity index (χ2n) is 5.27. The van der Waals surface area contributed by atoms with Gasteiger partial charge in [0.2, 0.25) is 0 Å². The number of hydrogen-bond acceptors (Lipinski definition) is 3. The molecule has 5 heteroatoms. The van der Waals surface area contributed by atoms with E-state index in [1.807, 2.05) is 13.8 Å². The van der Waals surface area contributed by atoms with E-state index in [1.54, 1.807) is 4.68 Å². The zero-order chi connectivity index (χ0) is 13.3. The Morgan fingerprint density at radius 2 is 2.22 bits per heavy atom. The predicted molar refractivity (Wildman–Crippen MR) is 71.7 cm³/mol. The molecule has 4 nitrogen and oxygen atoms in total. The molecule has 0 atom stereocenters. The normalized spacial score (nSPS) is 17.6.